The number of aliphatic hydroxyl groups is 1. The maximum atomic E-state index is 10.4. The van der Waals surface area contributed by atoms with E-state index >= 15 is 0 Å². The van der Waals surface area contributed by atoms with Crippen molar-refractivity contribution in [2.45, 2.75) is 6.04 Å². The van der Waals surface area contributed by atoms with E-state index in [9.17, 15) is 4.79 Å². The first-order valence-corrected chi connectivity index (χ1v) is 2.69. The number of aliphatic hydroxyl groups excluding tert-OH is 1. The van der Waals surface area contributed by atoms with E-state index in [1.807, 2.05) is 0 Å². The van der Waals surface area contributed by atoms with Crippen LogP contribution in [0.15, 0.2) is 0 Å². The first-order valence-electron chi connectivity index (χ1n) is 2.31. The third kappa shape index (κ3) is 3.90. The molecule has 6 heteroatoms. The molecule has 0 bridgehead atoms. The van der Waals surface area contributed by atoms with E-state index in [0.717, 1.165) is 0 Å². The van der Waals surface area contributed by atoms with Crippen LogP contribution in [0.2, 0.25) is 0 Å². The minimum Gasteiger partial charge on any atom is -0.468 e. The number of nitrogens with one attached hydrogen (secondary N) is 1. The molecule has 10 heavy (non-hydrogen) atoms. The zero-order valence-electron chi connectivity index (χ0n) is 5.33. The molecule has 0 rings (SSSR count). The van der Waals surface area contributed by atoms with Crippen LogP contribution in [0, 0.1) is 0 Å². The highest BCUT2D eigenvalue weighted by Crippen LogP contribution is 1.86. The number of ether oxygens (including phenoxy) is 1. The summed E-state index contributed by atoms with van der Waals surface area (Å²) < 4.78 is 4.25. The summed E-state index contributed by atoms with van der Waals surface area (Å²) in [5.74, 6) is -0.576. The second kappa shape index (κ2) is 7.08. The van der Waals surface area contributed by atoms with Crippen LogP contribution < -0.4 is 4.84 Å². The molecular weight excluding hydrogens is 181 g/mol. The van der Waals surface area contributed by atoms with Crippen molar-refractivity contribution < 1.29 is 14.6 Å². The average Bonchev–Trinajstić information content (AvgIpc) is 1.90. The van der Waals surface area contributed by atoms with Crippen LogP contribution in [-0.2, 0) is 9.53 Å². The predicted octanol–water partition coefficient (Wildman–Crippen LogP) is -0.315. The summed E-state index contributed by atoms with van der Waals surface area (Å²) in [4.78, 5) is 12.5. The summed E-state index contributed by atoms with van der Waals surface area (Å²) in [6, 6.07) is -0.823. The van der Waals surface area contributed by atoms with Crippen molar-refractivity contribution in [3.8, 4) is 0 Å². The SMILES string of the molecule is COC(=O)[C@@H](CO)NCl.Cl. The summed E-state index contributed by atoms with van der Waals surface area (Å²) in [7, 11) is 1.22. The van der Waals surface area contributed by atoms with Gasteiger partial charge in [0.15, 0.2) is 0 Å². The largest absolute Gasteiger partial charge is 0.468 e. The fourth-order valence-electron chi connectivity index (χ4n) is 0.296. The summed E-state index contributed by atoms with van der Waals surface area (Å²) in [5, 5.41) is 8.38. The number of esters is 1. The maximum absolute atomic E-state index is 10.4. The summed E-state index contributed by atoms with van der Waals surface area (Å²) in [6.45, 7) is -0.365. The van der Waals surface area contributed by atoms with Crippen LogP contribution in [0.5, 0.6) is 0 Å². The predicted molar refractivity (Wildman–Crippen MR) is 39.1 cm³/mol. The summed E-state index contributed by atoms with van der Waals surface area (Å²) >= 11 is 5.03. The van der Waals surface area contributed by atoms with Gasteiger partial charge in [0.2, 0.25) is 0 Å². The summed E-state index contributed by atoms with van der Waals surface area (Å²) in [5.41, 5.74) is 0. The Balaban J connectivity index is 0. The van der Waals surface area contributed by atoms with Crippen molar-refractivity contribution in [3.05, 3.63) is 0 Å². The normalized spacial score (nSPS) is 11.5. The van der Waals surface area contributed by atoms with E-state index in [2.05, 4.69) is 9.57 Å². The van der Waals surface area contributed by atoms with Crippen molar-refractivity contribution in [1.82, 2.24) is 4.84 Å². The topological polar surface area (TPSA) is 58.6 Å². The van der Waals surface area contributed by atoms with Gasteiger partial charge in [0.1, 0.15) is 6.04 Å². The standard InChI is InChI=1S/C4H8ClNO3.ClH/c1-9-4(8)3(2-7)6-5;/h3,6-7H,2H2,1H3;1H/t3-;/m1./s1. The van der Waals surface area contributed by atoms with Gasteiger partial charge >= 0.3 is 5.97 Å². The lowest BCUT2D eigenvalue weighted by atomic mass is 10.3. The van der Waals surface area contributed by atoms with E-state index in [4.69, 9.17) is 16.9 Å². The van der Waals surface area contributed by atoms with Gasteiger partial charge in [-0.2, -0.15) is 0 Å². The number of halogens is 2. The molecule has 0 aromatic rings. The van der Waals surface area contributed by atoms with E-state index in [1.165, 1.54) is 7.11 Å². The second-order valence-electron chi connectivity index (χ2n) is 1.37. The Bertz CT molecular complexity index is 96.5. The minimum atomic E-state index is -0.823. The molecular formula is C4H9Cl2NO3. The van der Waals surface area contributed by atoms with Crippen LogP contribution in [-0.4, -0.2) is 30.8 Å². The molecule has 0 aromatic carbocycles. The lowest BCUT2D eigenvalue weighted by Crippen LogP contribution is -2.35. The van der Waals surface area contributed by atoms with Crippen LogP contribution in [0.1, 0.15) is 0 Å². The van der Waals surface area contributed by atoms with Crippen LogP contribution in [0.4, 0.5) is 0 Å². The van der Waals surface area contributed by atoms with Gasteiger partial charge in [0.05, 0.1) is 13.7 Å². The Morgan fingerprint density at radius 2 is 2.40 bits per heavy atom. The molecule has 2 N–H and O–H groups in total. The molecule has 0 saturated heterocycles. The molecule has 0 unspecified atom stereocenters. The number of carbonyl (C=O) groups excluding carboxylic acids is 1. The molecule has 1 atom stereocenters. The number of hydrogen-bond donors (Lipinski definition) is 2. The fraction of sp³-hybridized carbons (Fsp3) is 0.750. The lowest BCUT2D eigenvalue weighted by Gasteiger charge is -2.06. The van der Waals surface area contributed by atoms with Crippen molar-refractivity contribution in [2.24, 2.45) is 0 Å². The van der Waals surface area contributed by atoms with Gasteiger partial charge in [0.25, 0.3) is 0 Å². The molecule has 0 aliphatic heterocycles. The van der Waals surface area contributed by atoms with Gasteiger partial charge in [-0.15, -0.1) is 12.4 Å². The van der Waals surface area contributed by atoms with Gasteiger partial charge in [-0.25, -0.2) is 4.84 Å². The Morgan fingerprint density at radius 3 is 2.50 bits per heavy atom. The van der Waals surface area contributed by atoms with Crippen LogP contribution in [0.3, 0.4) is 0 Å². The second-order valence-corrected chi connectivity index (χ2v) is 1.59. The molecule has 0 amide bonds. The molecule has 0 spiro atoms. The third-order valence-electron chi connectivity index (χ3n) is 0.800. The zero-order valence-corrected chi connectivity index (χ0v) is 6.91. The Labute approximate surface area is 70.0 Å². The quantitative estimate of drug-likeness (QED) is 0.473. The molecule has 0 fully saturated rings. The number of rotatable bonds is 3. The first-order chi connectivity index (χ1) is 4.26. The molecule has 0 aliphatic rings. The van der Waals surface area contributed by atoms with E-state index in [1.54, 1.807) is 0 Å². The van der Waals surface area contributed by atoms with Gasteiger partial charge in [-0.3, -0.25) is 4.79 Å². The highest BCUT2D eigenvalue weighted by molar-refractivity contribution is 6.14. The van der Waals surface area contributed by atoms with Crippen molar-refractivity contribution in [1.29, 1.82) is 0 Å². The zero-order chi connectivity index (χ0) is 7.28. The Hall–Kier alpha value is -0.0300. The van der Waals surface area contributed by atoms with E-state index < -0.39 is 12.0 Å². The van der Waals surface area contributed by atoms with Crippen molar-refractivity contribution in [3.63, 3.8) is 0 Å². The van der Waals surface area contributed by atoms with Crippen molar-refractivity contribution >= 4 is 30.2 Å². The minimum absolute atomic E-state index is 0. The van der Waals surface area contributed by atoms with Crippen molar-refractivity contribution in [2.75, 3.05) is 13.7 Å². The highest BCUT2D eigenvalue weighted by atomic mass is 35.5. The number of hydrogen-bond acceptors (Lipinski definition) is 4. The molecule has 0 aliphatic carbocycles. The highest BCUT2D eigenvalue weighted by Gasteiger charge is 2.15. The van der Waals surface area contributed by atoms with Gasteiger partial charge in [0, 0.05) is 0 Å². The van der Waals surface area contributed by atoms with Gasteiger partial charge in [-0.1, -0.05) is 0 Å². The molecule has 62 valence electrons. The monoisotopic (exact) mass is 189 g/mol. The maximum Gasteiger partial charge on any atom is 0.326 e. The number of methoxy groups -OCH3 is 1. The Kier molecular flexibility index (Phi) is 8.94. The molecule has 4 nitrogen and oxygen atoms in total. The van der Waals surface area contributed by atoms with E-state index in [-0.39, 0.29) is 19.0 Å². The molecule has 0 heterocycles. The Morgan fingerprint density at radius 1 is 1.90 bits per heavy atom. The smallest absolute Gasteiger partial charge is 0.326 e. The van der Waals surface area contributed by atoms with Crippen LogP contribution in [0.25, 0.3) is 0 Å². The number of carbonyl (C=O) groups is 1. The van der Waals surface area contributed by atoms with E-state index in [0.29, 0.717) is 0 Å². The first kappa shape index (κ1) is 12.6. The van der Waals surface area contributed by atoms with Gasteiger partial charge < -0.3 is 9.84 Å². The molecule has 0 radical (unpaired) electrons. The third-order valence-corrected chi connectivity index (χ3v) is 1.06. The van der Waals surface area contributed by atoms with Crippen LogP contribution >= 0.6 is 24.2 Å². The van der Waals surface area contributed by atoms with Gasteiger partial charge in [-0.05, 0) is 11.8 Å². The summed E-state index contributed by atoms with van der Waals surface area (Å²) in [6.07, 6.45) is 0. The fourth-order valence-corrected chi connectivity index (χ4v) is 0.454. The average molecular weight is 190 g/mol. The molecule has 0 saturated carbocycles. The lowest BCUT2D eigenvalue weighted by molar-refractivity contribution is -0.143. The molecule has 0 aromatic heterocycles.